The second kappa shape index (κ2) is 9.01. The number of ether oxygens (including phenoxy) is 1. The second-order valence-corrected chi connectivity index (χ2v) is 3.48. The Balaban J connectivity index is 2.82. The molecule has 0 N–H and O–H groups in total. The van der Waals surface area contributed by atoms with Crippen molar-refractivity contribution in [2.24, 2.45) is 0 Å². The molecule has 1 radical (unpaired) electrons. The van der Waals surface area contributed by atoms with Crippen LogP contribution in [0.25, 0.3) is 0 Å². The van der Waals surface area contributed by atoms with E-state index in [4.69, 9.17) is 4.74 Å². The Morgan fingerprint density at radius 1 is 1.00 bits per heavy atom. The molecule has 0 atom stereocenters. The van der Waals surface area contributed by atoms with Gasteiger partial charge in [0.15, 0.2) is 0 Å². The number of hydrogen-bond acceptors (Lipinski definition) is 2. The third-order valence-electron chi connectivity index (χ3n) is 1.83. The lowest BCUT2D eigenvalue weighted by molar-refractivity contribution is 0.125. The Morgan fingerprint density at radius 2 is 1.75 bits per heavy atom. The van der Waals surface area contributed by atoms with Gasteiger partial charge in [-0.3, -0.25) is 0 Å². The van der Waals surface area contributed by atoms with Gasteiger partial charge in [-0.25, -0.2) is 0 Å². The van der Waals surface area contributed by atoms with Crippen molar-refractivity contribution >= 4 is 0 Å². The van der Waals surface area contributed by atoms with Crippen molar-refractivity contribution < 1.29 is 4.74 Å². The summed E-state index contributed by atoms with van der Waals surface area (Å²) in [4.78, 5) is 2.14. The summed E-state index contributed by atoms with van der Waals surface area (Å²) in [5.41, 5.74) is 0. The maximum absolute atomic E-state index is 5.45. The Kier molecular flexibility index (Phi) is 8.95. The van der Waals surface area contributed by atoms with Crippen LogP contribution in [0.3, 0.4) is 0 Å². The Labute approximate surface area is 76.9 Å². The molecule has 0 heterocycles. The summed E-state index contributed by atoms with van der Waals surface area (Å²) in [7, 11) is 4.14. The molecular formula is C10H23NO+. The topological polar surface area (TPSA) is 15.1 Å². The third-order valence-corrected chi connectivity index (χ3v) is 1.83. The lowest BCUT2D eigenvalue weighted by atomic mass is 10.2. The fourth-order valence-electron chi connectivity index (χ4n) is 0.980. The van der Waals surface area contributed by atoms with E-state index < -0.39 is 0 Å². The molecular weight excluding hydrogens is 150 g/mol. The largest absolute Gasteiger partial charge is 0.375 e. The van der Waals surface area contributed by atoms with Gasteiger partial charge < -0.3 is 4.74 Å². The first-order chi connectivity index (χ1) is 5.77. The van der Waals surface area contributed by atoms with Crippen molar-refractivity contribution in [3.05, 3.63) is 0 Å². The van der Waals surface area contributed by atoms with Gasteiger partial charge in [0.1, 0.15) is 27.2 Å². The van der Waals surface area contributed by atoms with Gasteiger partial charge in [-0.2, -0.15) is 4.90 Å². The predicted octanol–water partition coefficient (Wildman–Crippen LogP) is 1.98. The molecule has 0 aliphatic heterocycles. The first-order valence-electron chi connectivity index (χ1n) is 5.00. The zero-order valence-corrected chi connectivity index (χ0v) is 8.81. The summed E-state index contributed by atoms with van der Waals surface area (Å²) < 4.78 is 5.45. The highest BCUT2D eigenvalue weighted by Crippen LogP contribution is 1.98. The zero-order valence-electron chi connectivity index (χ0n) is 8.81. The molecule has 0 fully saturated rings. The van der Waals surface area contributed by atoms with Crippen LogP contribution in [0.2, 0.25) is 0 Å². The normalized spacial score (nSPS) is 11.0. The Hall–Kier alpha value is -0.0800. The van der Waals surface area contributed by atoms with Crippen molar-refractivity contribution in [1.82, 2.24) is 4.90 Å². The smallest absolute Gasteiger partial charge is 0.145 e. The van der Waals surface area contributed by atoms with E-state index in [-0.39, 0.29) is 0 Å². The van der Waals surface area contributed by atoms with Gasteiger partial charge in [0.2, 0.25) is 0 Å². The number of unbranched alkanes of at least 4 members (excludes halogenated alkanes) is 3. The Morgan fingerprint density at radius 3 is 2.33 bits per heavy atom. The highest BCUT2D eigenvalue weighted by molar-refractivity contribution is 4.46. The van der Waals surface area contributed by atoms with Crippen molar-refractivity contribution in [3.63, 3.8) is 0 Å². The highest BCUT2D eigenvalue weighted by atomic mass is 16.5. The van der Waals surface area contributed by atoms with Crippen molar-refractivity contribution in [1.29, 1.82) is 0 Å². The van der Waals surface area contributed by atoms with E-state index in [9.17, 15) is 0 Å². The van der Waals surface area contributed by atoms with Crippen LogP contribution >= 0.6 is 0 Å². The van der Waals surface area contributed by atoms with Crippen LogP contribution in [-0.4, -0.2) is 33.9 Å². The summed E-state index contributed by atoms with van der Waals surface area (Å²) in [5, 5.41) is 0. The van der Waals surface area contributed by atoms with Gasteiger partial charge >= 0.3 is 0 Å². The predicted molar refractivity (Wildman–Crippen MR) is 53.8 cm³/mol. The fraction of sp³-hybridized carbons (Fsp3) is 1.00. The number of hydrogen-bond donors (Lipinski definition) is 0. The number of likely N-dealkylation sites (N-methyl/N-ethyl adjacent to an activating group) is 1. The van der Waals surface area contributed by atoms with Crippen LogP contribution in [0, 0.1) is 0 Å². The van der Waals surface area contributed by atoms with E-state index in [0.717, 1.165) is 19.8 Å². The monoisotopic (exact) mass is 173 g/mol. The highest BCUT2D eigenvalue weighted by Gasteiger charge is 1.97. The van der Waals surface area contributed by atoms with Gasteiger partial charge in [0.05, 0.1) is 0 Å². The minimum atomic E-state index is 0.874. The minimum absolute atomic E-state index is 0.874. The van der Waals surface area contributed by atoms with Crippen molar-refractivity contribution in [3.8, 4) is 0 Å². The molecule has 0 amide bonds. The number of nitrogens with zero attached hydrogens (tertiary/aromatic N) is 1. The summed E-state index contributed by atoms with van der Waals surface area (Å²) in [6, 6.07) is 0. The van der Waals surface area contributed by atoms with Crippen LogP contribution in [0.15, 0.2) is 0 Å². The van der Waals surface area contributed by atoms with Gasteiger partial charge in [0, 0.05) is 6.61 Å². The van der Waals surface area contributed by atoms with Crippen molar-refractivity contribution in [2.75, 3.05) is 33.9 Å². The van der Waals surface area contributed by atoms with Crippen LogP contribution in [-0.2, 0) is 4.74 Å². The molecule has 0 bridgehead atoms. The van der Waals surface area contributed by atoms with E-state index in [0.29, 0.717) is 0 Å². The van der Waals surface area contributed by atoms with Gasteiger partial charge in [-0.15, -0.1) is 0 Å². The molecule has 0 rings (SSSR count). The molecule has 0 saturated heterocycles. The van der Waals surface area contributed by atoms with Crippen LogP contribution in [0.4, 0.5) is 0 Å². The van der Waals surface area contributed by atoms with Gasteiger partial charge in [-0.05, 0) is 6.42 Å². The average Bonchev–Trinajstić information content (AvgIpc) is 2.02. The lowest BCUT2D eigenvalue weighted by Gasteiger charge is -2.03. The fourth-order valence-corrected chi connectivity index (χ4v) is 0.980. The van der Waals surface area contributed by atoms with Gasteiger partial charge in [-0.1, -0.05) is 26.2 Å². The molecule has 0 aliphatic carbocycles. The summed E-state index contributed by atoms with van der Waals surface area (Å²) in [6.45, 7) is 5.08. The first kappa shape index (κ1) is 11.9. The SMILES string of the molecule is CCCCCCOCC[N+](C)C. The molecule has 73 valence electrons. The van der Waals surface area contributed by atoms with Crippen LogP contribution < -0.4 is 4.90 Å². The molecule has 0 aromatic rings. The first-order valence-corrected chi connectivity index (χ1v) is 5.00. The average molecular weight is 173 g/mol. The van der Waals surface area contributed by atoms with Gasteiger partial charge in [0.25, 0.3) is 0 Å². The third kappa shape index (κ3) is 9.92. The summed E-state index contributed by atoms with van der Waals surface area (Å²) in [5.74, 6) is 0. The quantitative estimate of drug-likeness (QED) is 0.405. The van der Waals surface area contributed by atoms with E-state index in [2.05, 4.69) is 25.9 Å². The maximum atomic E-state index is 5.45. The molecule has 12 heavy (non-hydrogen) atoms. The van der Waals surface area contributed by atoms with Crippen LogP contribution in [0.5, 0.6) is 0 Å². The van der Waals surface area contributed by atoms with Crippen molar-refractivity contribution in [2.45, 2.75) is 32.6 Å². The molecule has 0 aromatic carbocycles. The van der Waals surface area contributed by atoms with E-state index in [1.54, 1.807) is 0 Å². The minimum Gasteiger partial charge on any atom is -0.375 e. The van der Waals surface area contributed by atoms with E-state index in [1.807, 2.05) is 0 Å². The summed E-state index contributed by atoms with van der Waals surface area (Å²) >= 11 is 0. The standard InChI is InChI=1S/C10H23NO/c1-4-5-6-7-9-12-10-8-11(2)3/h4-10H2,1-3H3/q+1. The Bertz CT molecular complexity index is 83.9. The molecule has 0 aromatic heterocycles. The maximum Gasteiger partial charge on any atom is 0.145 e. The number of rotatable bonds is 8. The summed E-state index contributed by atoms with van der Waals surface area (Å²) in [6.07, 6.45) is 5.19. The molecule has 2 nitrogen and oxygen atoms in total. The molecule has 0 spiro atoms. The lowest BCUT2D eigenvalue weighted by Crippen LogP contribution is -2.23. The molecule has 0 unspecified atom stereocenters. The van der Waals surface area contributed by atoms with E-state index in [1.165, 1.54) is 25.7 Å². The molecule has 0 aliphatic rings. The van der Waals surface area contributed by atoms with E-state index >= 15 is 0 Å². The second-order valence-electron chi connectivity index (χ2n) is 3.48. The molecule has 2 heteroatoms. The molecule has 0 saturated carbocycles. The van der Waals surface area contributed by atoms with Crippen LogP contribution in [0.1, 0.15) is 32.6 Å². The zero-order chi connectivity index (χ0) is 9.23.